The third kappa shape index (κ3) is 5.43. The molecule has 0 bridgehead atoms. The molecule has 2 rings (SSSR count). The number of amides is 1. The molecule has 5 heteroatoms. The minimum absolute atomic E-state index is 0.348. The molecule has 0 aliphatic carbocycles. The van der Waals surface area contributed by atoms with Gasteiger partial charge in [-0.15, -0.1) is 0 Å². The van der Waals surface area contributed by atoms with Crippen LogP contribution in [0, 0.1) is 11.7 Å². The second kappa shape index (κ2) is 8.15. The van der Waals surface area contributed by atoms with Gasteiger partial charge in [-0.3, -0.25) is 4.79 Å². The molecule has 0 aliphatic heterocycles. The maximum atomic E-state index is 13.1. The van der Waals surface area contributed by atoms with Gasteiger partial charge in [-0.2, -0.15) is 0 Å². The van der Waals surface area contributed by atoms with E-state index in [0.29, 0.717) is 29.6 Å². The highest BCUT2D eigenvalue weighted by Crippen LogP contribution is 2.23. The van der Waals surface area contributed by atoms with Gasteiger partial charge in [-0.25, -0.2) is 4.39 Å². The number of carbonyl (C=O) groups excluding carboxylic acids is 1. The Morgan fingerprint density at radius 2 is 2.08 bits per heavy atom. The fourth-order valence-electron chi connectivity index (χ4n) is 1.98. The van der Waals surface area contributed by atoms with Crippen molar-refractivity contribution in [2.75, 3.05) is 17.7 Å². The van der Waals surface area contributed by atoms with E-state index >= 15 is 0 Å². The highest BCUT2D eigenvalue weighted by molar-refractivity contribution is 6.01. The standard InChI is InChI=1S/C19H21FN2O2/c1-13(2)12-24-18-8-6-14(10-17(18)21)7-9-19(23)22-16-5-3-4-15(20)11-16/h3-11,13H,12,21H2,1-2H3,(H,22,23)/b9-7-. The first-order valence-electron chi connectivity index (χ1n) is 7.71. The van der Waals surface area contributed by atoms with Crippen LogP contribution in [-0.4, -0.2) is 12.5 Å². The largest absolute Gasteiger partial charge is 0.491 e. The Bertz CT molecular complexity index is 742. The summed E-state index contributed by atoms with van der Waals surface area (Å²) in [5.41, 5.74) is 7.65. The fourth-order valence-corrected chi connectivity index (χ4v) is 1.98. The summed E-state index contributed by atoms with van der Waals surface area (Å²) in [6, 6.07) is 11.1. The Kier molecular flexibility index (Phi) is 5.95. The minimum atomic E-state index is -0.401. The lowest BCUT2D eigenvalue weighted by Gasteiger charge is -2.11. The van der Waals surface area contributed by atoms with E-state index in [4.69, 9.17) is 10.5 Å². The van der Waals surface area contributed by atoms with Crippen molar-refractivity contribution in [3.8, 4) is 5.75 Å². The molecule has 2 aromatic rings. The average Bonchev–Trinajstić information content (AvgIpc) is 2.52. The topological polar surface area (TPSA) is 64.3 Å². The zero-order chi connectivity index (χ0) is 17.5. The van der Waals surface area contributed by atoms with Crippen molar-refractivity contribution in [1.29, 1.82) is 0 Å². The van der Waals surface area contributed by atoms with Crippen LogP contribution in [-0.2, 0) is 4.79 Å². The molecule has 0 spiro atoms. The number of anilines is 2. The molecule has 0 atom stereocenters. The van der Waals surface area contributed by atoms with E-state index in [2.05, 4.69) is 19.2 Å². The Morgan fingerprint density at radius 3 is 2.75 bits per heavy atom. The molecular weight excluding hydrogens is 307 g/mol. The monoisotopic (exact) mass is 328 g/mol. The molecule has 0 saturated carbocycles. The van der Waals surface area contributed by atoms with Gasteiger partial charge in [0.05, 0.1) is 12.3 Å². The van der Waals surface area contributed by atoms with E-state index in [9.17, 15) is 9.18 Å². The van der Waals surface area contributed by atoms with Crippen LogP contribution in [0.2, 0.25) is 0 Å². The van der Waals surface area contributed by atoms with Crippen molar-refractivity contribution in [2.45, 2.75) is 13.8 Å². The van der Waals surface area contributed by atoms with Gasteiger partial charge in [0, 0.05) is 11.8 Å². The van der Waals surface area contributed by atoms with Gasteiger partial charge in [0.25, 0.3) is 0 Å². The lowest BCUT2D eigenvalue weighted by Crippen LogP contribution is -2.08. The van der Waals surface area contributed by atoms with E-state index in [1.165, 1.54) is 24.3 Å². The van der Waals surface area contributed by atoms with Crippen molar-refractivity contribution in [3.05, 3.63) is 59.9 Å². The Morgan fingerprint density at radius 1 is 1.29 bits per heavy atom. The zero-order valence-corrected chi connectivity index (χ0v) is 13.8. The number of nitrogens with two attached hydrogens (primary N) is 1. The Hall–Kier alpha value is -2.82. The molecule has 0 heterocycles. The first-order chi connectivity index (χ1) is 11.4. The third-order valence-corrected chi connectivity index (χ3v) is 3.13. The van der Waals surface area contributed by atoms with Crippen LogP contribution in [0.15, 0.2) is 48.5 Å². The van der Waals surface area contributed by atoms with Gasteiger partial charge in [0.1, 0.15) is 11.6 Å². The lowest BCUT2D eigenvalue weighted by molar-refractivity contribution is -0.111. The SMILES string of the molecule is CC(C)COc1ccc(/C=C\C(=O)Nc2cccc(F)c2)cc1N. The van der Waals surface area contributed by atoms with Crippen molar-refractivity contribution >= 4 is 23.4 Å². The number of rotatable bonds is 6. The molecule has 2 aromatic carbocycles. The summed E-state index contributed by atoms with van der Waals surface area (Å²) >= 11 is 0. The summed E-state index contributed by atoms with van der Waals surface area (Å²) in [6.45, 7) is 4.71. The predicted octanol–water partition coefficient (Wildman–Crippen LogP) is 4.09. The molecule has 24 heavy (non-hydrogen) atoms. The lowest BCUT2D eigenvalue weighted by atomic mass is 10.1. The second-order valence-electron chi connectivity index (χ2n) is 5.84. The molecule has 0 radical (unpaired) electrons. The normalized spacial score (nSPS) is 11.0. The average molecular weight is 328 g/mol. The number of carbonyl (C=O) groups is 1. The third-order valence-electron chi connectivity index (χ3n) is 3.13. The highest BCUT2D eigenvalue weighted by Gasteiger charge is 2.03. The smallest absolute Gasteiger partial charge is 0.248 e. The van der Waals surface area contributed by atoms with Gasteiger partial charge >= 0.3 is 0 Å². The summed E-state index contributed by atoms with van der Waals surface area (Å²) in [5, 5.41) is 2.59. The number of ether oxygens (including phenoxy) is 1. The van der Waals surface area contributed by atoms with Crippen molar-refractivity contribution < 1.29 is 13.9 Å². The van der Waals surface area contributed by atoms with E-state index in [-0.39, 0.29) is 5.91 Å². The van der Waals surface area contributed by atoms with Crippen LogP contribution in [0.5, 0.6) is 5.75 Å². The summed E-state index contributed by atoms with van der Waals surface area (Å²) < 4.78 is 18.7. The van der Waals surface area contributed by atoms with Gasteiger partial charge in [-0.1, -0.05) is 26.0 Å². The second-order valence-corrected chi connectivity index (χ2v) is 5.84. The van der Waals surface area contributed by atoms with Crippen LogP contribution in [0.4, 0.5) is 15.8 Å². The van der Waals surface area contributed by atoms with Crippen molar-refractivity contribution in [3.63, 3.8) is 0 Å². The van der Waals surface area contributed by atoms with E-state index in [0.717, 1.165) is 5.56 Å². The molecule has 126 valence electrons. The van der Waals surface area contributed by atoms with E-state index in [1.807, 2.05) is 6.07 Å². The summed E-state index contributed by atoms with van der Waals surface area (Å²) in [4.78, 5) is 11.9. The maximum absolute atomic E-state index is 13.1. The van der Waals surface area contributed by atoms with Gasteiger partial charge in [-0.05, 0) is 47.9 Å². The Balaban J connectivity index is 1.98. The van der Waals surface area contributed by atoms with Crippen LogP contribution < -0.4 is 15.8 Å². The van der Waals surface area contributed by atoms with Gasteiger partial charge in [0.15, 0.2) is 0 Å². The van der Waals surface area contributed by atoms with Gasteiger partial charge < -0.3 is 15.8 Å². The first-order valence-corrected chi connectivity index (χ1v) is 7.71. The summed E-state index contributed by atoms with van der Waals surface area (Å²) in [6.07, 6.45) is 3.01. The van der Waals surface area contributed by atoms with E-state index < -0.39 is 5.82 Å². The molecule has 0 unspecified atom stereocenters. The number of halogens is 1. The molecule has 1 amide bonds. The zero-order valence-electron chi connectivity index (χ0n) is 13.8. The van der Waals surface area contributed by atoms with Crippen molar-refractivity contribution in [1.82, 2.24) is 0 Å². The molecule has 3 N–H and O–H groups in total. The number of nitrogens with one attached hydrogen (secondary N) is 1. The van der Waals surface area contributed by atoms with Crippen LogP contribution >= 0.6 is 0 Å². The van der Waals surface area contributed by atoms with Crippen molar-refractivity contribution in [2.24, 2.45) is 5.92 Å². The molecule has 4 nitrogen and oxygen atoms in total. The number of hydrogen-bond donors (Lipinski definition) is 2. The predicted molar refractivity (Wildman–Crippen MR) is 95.3 cm³/mol. The van der Waals surface area contributed by atoms with Gasteiger partial charge in [0.2, 0.25) is 5.91 Å². The molecule has 0 fully saturated rings. The van der Waals surface area contributed by atoms with Crippen LogP contribution in [0.3, 0.4) is 0 Å². The van der Waals surface area contributed by atoms with Crippen LogP contribution in [0.1, 0.15) is 19.4 Å². The molecule has 0 aromatic heterocycles. The van der Waals surface area contributed by atoms with E-state index in [1.54, 1.807) is 24.3 Å². The summed E-state index contributed by atoms with van der Waals surface area (Å²) in [5.74, 6) is 0.293. The molecule has 0 saturated heterocycles. The Labute approximate surface area is 141 Å². The first kappa shape index (κ1) is 17.5. The maximum Gasteiger partial charge on any atom is 0.248 e. The molecular formula is C19H21FN2O2. The highest BCUT2D eigenvalue weighted by atomic mass is 19.1. The fraction of sp³-hybridized carbons (Fsp3) is 0.211. The summed E-state index contributed by atoms with van der Waals surface area (Å²) in [7, 11) is 0. The number of hydrogen-bond acceptors (Lipinski definition) is 3. The minimum Gasteiger partial charge on any atom is -0.491 e. The number of nitrogen functional groups attached to an aromatic ring is 1. The number of benzene rings is 2. The molecule has 0 aliphatic rings. The van der Waals surface area contributed by atoms with Crippen LogP contribution in [0.25, 0.3) is 6.08 Å². The quantitative estimate of drug-likeness (QED) is 0.620.